The van der Waals surface area contributed by atoms with Gasteiger partial charge in [-0.15, -0.1) is 0 Å². The summed E-state index contributed by atoms with van der Waals surface area (Å²) in [6.07, 6.45) is 6.13. The maximum atomic E-state index is 12.4. The zero-order valence-electron chi connectivity index (χ0n) is 15.5. The summed E-state index contributed by atoms with van der Waals surface area (Å²) in [5.74, 6) is 0.111. The third kappa shape index (κ3) is 4.08. The molecule has 2 aliphatic rings. The Bertz CT molecular complexity index is 741. The van der Waals surface area contributed by atoms with Crippen molar-refractivity contribution < 1.29 is 4.79 Å². The highest BCUT2D eigenvalue weighted by Gasteiger charge is 2.26. The molecule has 2 aromatic rings. The van der Waals surface area contributed by atoms with Crippen LogP contribution in [-0.2, 0) is 4.79 Å². The molecule has 1 aliphatic carbocycles. The third-order valence-electron chi connectivity index (χ3n) is 5.97. The zero-order valence-corrected chi connectivity index (χ0v) is 15.5. The van der Waals surface area contributed by atoms with Crippen molar-refractivity contribution in [1.29, 1.82) is 0 Å². The van der Waals surface area contributed by atoms with E-state index in [2.05, 4.69) is 33.3 Å². The Labute approximate surface area is 156 Å². The van der Waals surface area contributed by atoms with Crippen LogP contribution in [-0.4, -0.2) is 54.5 Å². The van der Waals surface area contributed by atoms with Crippen molar-refractivity contribution >= 4 is 22.4 Å². The van der Waals surface area contributed by atoms with Gasteiger partial charge in [-0.2, -0.15) is 0 Å². The molecular formula is C22H29N3O. The van der Waals surface area contributed by atoms with Crippen LogP contribution in [0.3, 0.4) is 0 Å². The van der Waals surface area contributed by atoms with Crippen molar-refractivity contribution in [3.8, 4) is 0 Å². The molecule has 0 spiro atoms. The quantitative estimate of drug-likeness (QED) is 0.892. The lowest BCUT2D eigenvalue weighted by atomic mass is 10.1. The molecule has 0 atom stereocenters. The Morgan fingerprint density at radius 1 is 0.962 bits per heavy atom. The highest BCUT2D eigenvalue weighted by Crippen LogP contribution is 2.25. The standard InChI is InChI=1S/C22H29N3O/c26-22(23-21-11-5-7-18-6-1-4-10-20(18)21)12-13-24-14-16-25(17-15-24)19-8-2-3-9-19/h1,4-7,10-11,19H,2-3,8-9,12-17H2,(H,23,26). The Hall–Kier alpha value is -1.91. The van der Waals surface area contributed by atoms with Crippen molar-refractivity contribution in [2.75, 3.05) is 38.0 Å². The molecule has 0 unspecified atom stereocenters. The van der Waals surface area contributed by atoms with Gasteiger partial charge in [-0.3, -0.25) is 9.69 Å². The van der Waals surface area contributed by atoms with Gasteiger partial charge in [0, 0.05) is 56.3 Å². The molecule has 2 fully saturated rings. The molecule has 0 bridgehead atoms. The summed E-state index contributed by atoms with van der Waals surface area (Å²) in [7, 11) is 0. The van der Waals surface area contributed by atoms with E-state index < -0.39 is 0 Å². The van der Waals surface area contributed by atoms with E-state index in [4.69, 9.17) is 0 Å². The molecule has 1 saturated carbocycles. The first-order valence-electron chi connectivity index (χ1n) is 10.0. The summed E-state index contributed by atoms with van der Waals surface area (Å²) in [6, 6.07) is 15.1. The first-order chi connectivity index (χ1) is 12.8. The van der Waals surface area contributed by atoms with Crippen LogP contribution in [0, 0.1) is 0 Å². The van der Waals surface area contributed by atoms with E-state index in [0.717, 1.165) is 55.2 Å². The predicted molar refractivity (Wildman–Crippen MR) is 107 cm³/mol. The molecule has 26 heavy (non-hydrogen) atoms. The summed E-state index contributed by atoms with van der Waals surface area (Å²) in [4.78, 5) is 17.5. The number of nitrogens with one attached hydrogen (secondary N) is 1. The van der Waals surface area contributed by atoms with Crippen LogP contribution in [0.2, 0.25) is 0 Å². The molecule has 2 aromatic carbocycles. The number of benzene rings is 2. The number of carbonyl (C=O) groups excluding carboxylic acids is 1. The van der Waals surface area contributed by atoms with E-state index in [9.17, 15) is 4.79 Å². The molecule has 4 nitrogen and oxygen atoms in total. The molecule has 0 aromatic heterocycles. The van der Waals surface area contributed by atoms with Gasteiger partial charge in [0.1, 0.15) is 0 Å². The minimum atomic E-state index is 0.111. The number of hydrogen-bond donors (Lipinski definition) is 1. The molecule has 1 heterocycles. The van der Waals surface area contributed by atoms with Crippen LogP contribution in [0.1, 0.15) is 32.1 Å². The van der Waals surface area contributed by atoms with Gasteiger partial charge < -0.3 is 10.2 Å². The zero-order chi connectivity index (χ0) is 17.8. The van der Waals surface area contributed by atoms with Gasteiger partial charge in [-0.1, -0.05) is 49.2 Å². The molecular weight excluding hydrogens is 322 g/mol. The van der Waals surface area contributed by atoms with Gasteiger partial charge in [0.25, 0.3) is 0 Å². The van der Waals surface area contributed by atoms with Crippen LogP contribution < -0.4 is 5.32 Å². The molecule has 1 amide bonds. The second-order valence-corrected chi connectivity index (χ2v) is 7.64. The van der Waals surface area contributed by atoms with Gasteiger partial charge in [0.2, 0.25) is 5.91 Å². The maximum absolute atomic E-state index is 12.4. The Morgan fingerprint density at radius 3 is 2.50 bits per heavy atom. The summed E-state index contributed by atoms with van der Waals surface area (Å²) >= 11 is 0. The highest BCUT2D eigenvalue weighted by molar-refractivity contribution is 6.02. The van der Waals surface area contributed by atoms with Crippen LogP contribution in [0.15, 0.2) is 42.5 Å². The number of anilines is 1. The summed E-state index contributed by atoms with van der Waals surface area (Å²) in [5, 5.41) is 5.37. The largest absolute Gasteiger partial charge is 0.325 e. The van der Waals surface area contributed by atoms with Crippen molar-refractivity contribution in [2.45, 2.75) is 38.1 Å². The smallest absolute Gasteiger partial charge is 0.225 e. The van der Waals surface area contributed by atoms with Gasteiger partial charge in [-0.05, 0) is 24.3 Å². The number of piperazine rings is 1. The molecule has 0 radical (unpaired) electrons. The Kier molecular flexibility index (Phi) is 5.51. The van der Waals surface area contributed by atoms with Gasteiger partial charge in [0.15, 0.2) is 0 Å². The predicted octanol–water partition coefficient (Wildman–Crippen LogP) is 3.73. The highest BCUT2D eigenvalue weighted by atomic mass is 16.1. The van der Waals surface area contributed by atoms with Crippen LogP contribution >= 0.6 is 0 Å². The molecule has 4 rings (SSSR count). The molecule has 138 valence electrons. The number of fused-ring (bicyclic) bond motifs is 1. The number of hydrogen-bond acceptors (Lipinski definition) is 3. The summed E-state index contributed by atoms with van der Waals surface area (Å²) in [6.45, 7) is 5.37. The summed E-state index contributed by atoms with van der Waals surface area (Å²) in [5.41, 5.74) is 0.916. The van der Waals surface area contributed by atoms with Crippen molar-refractivity contribution in [3.63, 3.8) is 0 Å². The fourth-order valence-corrected chi connectivity index (χ4v) is 4.43. The second-order valence-electron chi connectivity index (χ2n) is 7.64. The number of nitrogens with zero attached hydrogens (tertiary/aromatic N) is 2. The van der Waals surface area contributed by atoms with E-state index in [1.54, 1.807) is 0 Å². The molecule has 1 aliphatic heterocycles. The van der Waals surface area contributed by atoms with Crippen molar-refractivity contribution in [3.05, 3.63) is 42.5 Å². The first kappa shape index (κ1) is 17.5. The van der Waals surface area contributed by atoms with E-state index in [-0.39, 0.29) is 5.91 Å². The Morgan fingerprint density at radius 2 is 1.69 bits per heavy atom. The number of carbonyl (C=O) groups is 1. The molecule has 1 N–H and O–H groups in total. The maximum Gasteiger partial charge on any atom is 0.225 e. The topological polar surface area (TPSA) is 35.6 Å². The number of amides is 1. The molecule has 4 heteroatoms. The van der Waals surface area contributed by atoms with E-state index >= 15 is 0 Å². The summed E-state index contributed by atoms with van der Waals surface area (Å²) < 4.78 is 0. The van der Waals surface area contributed by atoms with Gasteiger partial charge >= 0.3 is 0 Å². The SMILES string of the molecule is O=C(CCN1CCN(C2CCCC2)CC1)Nc1cccc2ccccc12. The Balaban J connectivity index is 1.25. The second kappa shape index (κ2) is 8.19. The average molecular weight is 351 g/mol. The lowest BCUT2D eigenvalue weighted by Gasteiger charge is -2.38. The van der Waals surface area contributed by atoms with E-state index in [1.165, 1.54) is 25.7 Å². The first-order valence-corrected chi connectivity index (χ1v) is 10.0. The van der Waals surface area contributed by atoms with Crippen LogP contribution in [0.4, 0.5) is 5.69 Å². The molecule has 1 saturated heterocycles. The van der Waals surface area contributed by atoms with E-state index in [1.807, 2.05) is 24.3 Å². The normalized spacial score (nSPS) is 19.8. The third-order valence-corrected chi connectivity index (χ3v) is 5.97. The van der Waals surface area contributed by atoms with E-state index in [0.29, 0.717) is 6.42 Å². The fourth-order valence-electron chi connectivity index (χ4n) is 4.43. The monoisotopic (exact) mass is 351 g/mol. The van der Waals surface area contributed by atoms with Crippen molar-refractivity contribution in [1.82, 2.24) is 9.80 Å². The van der Waals surface area contributed by atoms with Crippen LogP contribution in [0.5, 0.6) is 0 Å². The average Bonchev–Trinajstić information content (AvgIpc) is 3.22. The minimum absolute atomic E-state index is 0.111. The van der Waals surface area contributed by atoms with Crippen molar-refractivity contribution in [2.24, 2.45) is 0 Å². The van der Waals surface area contributed by atoms with Gasteiger partial charge in [-0.25, -0.2) is 0 Å². The fraction of sp³-hybridized carbons (Fsp3) is 0.500. The lowest BCUT2D eigenvalue weighted by molar-refractivity contribution is -0.116. The minimum Gasteiger partial charge on any atom is -0.325 e. The lowest BCUT2D eigenvalue weighted by Crippen LogP contribution is -2.50. The number of rotatable bonds is 5. The van der Waals surface area contributed by atoms with Gasteiger partial charge in [0.05, 0.1) is 0 Å². The van der Waals surface area contributed by atoms with Crippen LogP contribution in [0.25, 0.3) is 10.8 Å².